The SMILES string of the molecule is [O-][NH+]1CCC(CC2=NC=C[N]2)CC1. The monoisotopic (exact) mass is 180 g/mol. The third-order valence-corrected chi connectivity index (χ3v) is 2.65. The van der Waals surface area contributed by atoms with Gasteiger partial charge >= 0.3 is 0 Å². The highest BCUT2D eigenvalue weighted by molar-refractivity contribution is 5.85. The molecule has 2 heterocycles. The van der Waals surface area contributed by atoms with Gasteiger partial charge in [-0.05, 0) is 5.92 Å². The van der Waals surface area contributed by atoms with Crippen LogP contribution in [0, 0.1) is 11.1 Å². The Hall–Kier alpha value is -0.870. The highest BCUT2D eigenvalue weighted by atomic mass is 16.5. The molecule has 1 saturated heterocycles. The van der Waals surface area contributed by atoms with E-state index < -0.39 is 0 Å². The highest BCUT2D eigenvalue weighted by Gasteiger charge is 2.20. The van der Waals surface area contributed by atoms with E-state index in [-0.39, 0.29) is 0 Å². The summed E-state index contributed by atoms with van der Waals surface area (Å²) in [5.74, 6) is 1.56. The first-order valence-electron chi connectivity index (χ1n) is 4.79. The number of amidine groups is 1. The molecule has 1 fully saturated rings. The maximum atomic E-state index is 11.0. The first-order chi connectivity index (χ1) is 6.34. The van der Waals surface area contributed by atoms with Crippen LogP contribution in [-0.2, 0) is 0 Å². The van der Waals surface area contributed by atoms with Crippen molar-refractivity contribution in [2.45, 2.75) is 19.3 Å². The van der Waals surface area contributed by atoms with Crippen molar-refractivity contribution in [1.82, 2.24) is 5.32 Å². The maximum Gasteiger partial charge on any atom is 0.128 e. The van der Waals surface area contributed by atoms with E-state index in [9.17, 15) is 5.21 Å². The molecule has 0 unspecified atom stereocenters. The lowest BCUT2D eigenvalue weighted by Crippen LogP contribution is -3.08. The Morgan fingerprint density at radius 2 is 2.15 bits per heavy atom. The van der Waals surface area contributed by atoms with Crippen LogP contribution < -0.4 is 10.4 Å². The van der Waals surface area contributed by atoms with Gasteiger partial charge in [0, 0.05) is 31.7 Å². The molecule has 0 saturated carbocycles. The lowest BCUT2D eigenvalue weighted by Gasteiger charge is -2.31. The fourth-order valence-corrected chi connectivity index (χ4v) is 1.84. The lowest BCUT2D eigenvalue weighted by atomic mass is 9.94. The quantitative estimate of drug-likeness (QED) is 0.580. The Balaban J connectivity index is 1.76. The number of hydrogen-bond acceptors (Lipinski definition) is 2. The molecule has 0 amide bonds. The van der Waals surface area contributed by atoms with Crippen LogP contribution in [0.5, 0.6) is 0 Å². The third kappa shape index (κ3) is 2.29. The van der Waals surface area contributed by atoms with E-state index in [1.807, 2.05) is 0 Å². The largest absolute Gasteiger partial charge is 0.634 e. The predicted octanol–water partition coefficient (Wildman–Crippen LogP) is -0.343. The number of hydroxylamine groups is 2. The van der Waals surface area contributed by atoms with Crippen LogP contribution in [0.15, 0.2) is 17.4 Å². The summed E-state index contributed by atoms with van der Waals surface area (Å²) in [5, 5.41) is 15.5. The van der Waals surface area contributed by atoms with Gasteiger partial charge in [0.15, 0.2) is 0 Å². The van der Waals surface area contributed by atoms with E-state index in [1.54, 1.807) is 12.4 Å². The average molecular weight is 180 g/mol. The zero-order valence-corrected chi connectivity index (χ0v) is 7.57. The molecule has 0 spiro atoms. The van der Waals surface area contributed by atoms with E-state index in [2.05, 4.69) is 10.3 Å². The van der Waals surface area contributed by atoms with Gasteiger partial charge in [-0.15, -0.1) is 0 Å². The van der Waals surface area contributed by atoms with Gasteiger partial charge in [0.05, 0.1) is 13.1 Å². The van der Waals surface area contributed by atoms with E-state index in [0.29, 0.717) is 11.0 Å². The molecule has 2 aliphatic rings. The standard InChI is InChI=1S/C9H14N3O/c13-12-5-1-8(2-6-12)7-9-10-3-4-11-9/h3-4,8,12H,1-2,5-7H2. The number of nitrogens with zero attached hydrogens (tertiary/aromatic N) is 2. The minimum Gasteiger partial charge on any atom is -0.634 e. The van der Waals surface area contributed by atoms with Gasteiger partial charge < -0.3 is 10.3 Å². The van der Waals surface area contributed by atoms with Crippen LogP contribution in [0.2, 0.25) is 0 Å². The van der Waals surface area contributed by atoms with Gasteiger partial charge in [-0.2, -0.15) is 0 Å². The van der Waals surface area contributed by atoms with Gasteiger partial charge in [-0.25, -0.2) is 10.3 Å². The molecule has 1 radical (unpaired) electrons. The van der Waals surface area contributed by atoms with Crippen LogP contribution in [0.1, 0.15) is 19.3 Å². The van der Waals surface area contributed by atoms with Crippen molar-refractivity contribution in [3.8, 4) is 0 Å². The van der Waals surface area contributed by atoms with Crippen molar-refractivity contribution in [2.24, 2.45) is 10.9 Å². The molecule has 0 aromatic carbocycles. The highest BCUT2D eigenvalue weighted by Crippen LogP contribution is 2.15. The van der Waals surface area contributed by atoms with Gasteiger partial charge in [-0.3, -0.25) is 0 Å². The first kappa shape index (κ1) is 8.72. The zero-order chi connectivity index (χ0) is 9.10. The molecule has 13 heavy (non-hydrogen) atoms. The summed E-state index contributed by atoms with van der Waals surface area (Å²) in [4.78, 5) is 4.13. The molecular weight excluding hydrogens is 166 g/mol. The molecule has 0 aromatic heterocycles. The summed E-state index contributed by atoms with van der Waals surface area (Å²) in [6.45, 7) is 1.51. The molecule has 2 rings (SSSR count). The Kier molecular flexibility index (Phi) is 2.61. The Bertz CT molecular complexity index is 229. The third-order valence-electron chi connectivity index (χ3n) is 2.65. The fourth-order valence-electron chi connectivity index (χ4n) is 1.84. The van der Waals surface area contributed by atoms with E-state index in [1.165, 1.54) is 0 Å². The van der Waals surface area contributed by atoms with E-state index in [0.717, 1.165) is 38.2 Å². The van der Waals surface area contributed by atoms with Gasteiger partial charge in [0.25, 0.3) is 0 Å². The summed E-state index contributed by atoms with van der Waals surface area (Å²) < 4.78 is 0. The van der Waals surface area contributed by atoms with Crippen LogP contribution in [-0.4, -0.2) is 18.9 Å². The van der Waals surface area contributed by atoms with Crippen LogP contribution >= 0.6 is 0 Å². The second kappa shape index (κ2) is 3.89. The summed E-state index contributed by atoms with van der Waals surface area (Å²) >= 11 is 0. The summed E-state index contributed by atoms with van der Waals surface area (Å²) in [6.07, 6.45) is 6.44. The second-order valence-electron chi connectivity index (χ2n) is 3.66. The molecule has 4 heteroatoms. The topological polar surface area (TPSA) is 54.0 Å². The number of nitrogens with one attached hydrogen (secondary N) is 1. The molecule has 71 valence electrons. The predicted molar refractivity (Wildman–Crippen MR) is 50.1 cm³/mol. The van der Waals surface area contributed by atoms with E-state index >= 15 is 0 Å². The molecule has 1 N–H and O–H groups in total. The number of aliphatic imine (C=N–C) groups is 1. The van der Waals surface area contributed by atoms with Gasteiger partial charge in [0.2, 0.25) is 0 Å². The molecule has 4 nitrogen and oxygen atoms in total. The summed E-state index contributed by atoms with van der Waals surface area (Å²) in [5.41, 5.74) is 0. The van der Waals surface area contributed by atoms with Crippen molar-refractivity contribution in [1.29, 1.82) is 0 Å². The Morgan fingerprint density at radius 3 is 2.77 bits per heavy atom. The van der Waals surface area contributed by atoms with Crippen molar-refractivity contribution in [3.63, 3.8) is 0 Å². The van der Waals surface area contributed by atoms with Gasteiger partial charge in [0.1, 0.15) is 5.84 Å². The van der Waals surface area contributed by atoms with Crippen molar-refractivity contribution >= 4 is 5.84 Å². The lowest BCUT2D eigenvalue weighted by molar-refractivity contribution is -0.854. The summed E-state index contributed by atoms with van der Waals surface area (Å²) in [6, 6.07) is 0. The Labute approximate surface area is 77.9 Å². The fraction of sp³-hybridized carbons (Fsp3) is 0.667. The maximum absolute atomic E-state index is 11.0. The summed E-state index contributed by atoms with van der Waals surface area (Å²) in [7, 11) is 0. The molecule has 0 atom stereocenters. The van der Waals surface area contributed by atoms with Crippen molar-refractivity contribution < 1.29 is 5.06 Å². The first-order valence-corrected chi connectivity index (χ1v) is 4.79. The van der Waals surface area contributed by atoms with Crippen LogP contribution in [0.3, 0.4) is 0 Å². The minimum absolute atomic E-state index is 0.416. The second-order valence-corrected chi connectivity index (χ2v) is 3.66. The van der Waals surface area contributed by atoms with Crippen LogP contribution in [0.25, 0.3) is 0 Å². The van der Waals surface area contributed by atoms with Gasteiger partial charge in [-0.1, -0.05) is 0 Å². The molecule has 2 aliphatic heterocycles. The minimum atomic E-state index is 0.416. The van der Waals surface area contributed by atoms with Crippen molar-refractivity contribution in [3.05, 3.63) is 17.6 Å². The Morgan fingerprint density at radius 1 is 1.38 bits per heavy atom. The smallest absolute Gasteiger partial charge is 0.128 e. The van der Waals surface area contributed by atoms with E-state index in [4.69, 9.17) is 0 Å². The van der Waals surface area contributed by atoms with Crippen LogP contribution in [0.4, 0.5) is 0 Å². The average Bonchev–Trinajstić information content (AvgIpc) is 2.62. The zero-order valence-electron chi connectivity index (χ0n) is 7.57. The molecular formula is C9H14N3O. The number of hydrogen-bond donors (Lipinski definition) is 1. The molecule has 0 bridgehead atoms. The number of piperidine rings is 1. The normalized spacial score (nSPS) is 32.8. The van der Waals surface area contributed by atoms with Crippen molar-refractivity contribution in [2.75, 3.05) is 13.1 Å². The number of rotatable bonds is 2. The molecule has 0 aliphatic carbocycles. The number of quaternary nitrogens is 1. The molecule has 0 aromatic rings.